The van der Waals surface area contributed by atoms with E-state index in [1.807, 2.05) is 48.1 Å². The molecule has 232 valence electrons. The summed E-state index contributed by atoms with van der Waals surface area (Å²) in [6.07, 6.45) is 18.1. The fraction of sp³-hybridized carbons (Fsp3) is 0.528. The first kappa shape index (κ1) is 28.9. The summed E-state index contributed by atoms with van der Waals surface area (Å²) < 4.78 is 8.46. The van der Waals surface area contributed by atoms with E-state index in [9.17, 15) is 9.59 Å². The van der Waals surface area contributed by atoms with Gasteiger partial charge in [-0.3, -0.25) is 14.4 Å². The molecular formula is C36H45N5O3. The normalized spacial score (nSPS) is 21.6. The zero-order chi connectivity index (χ0) is 30.3. The molecule has 1 spiro atoms. The van der Waals surface area contributed by atoms with Crippen molar-refractivity contribution in [2.24, 2.45) is 0 Å². The highest BCUT2D eigenvalue weighted by molar-refractivity contribution is 6.03. The van der Waals surface area contributed by atoms with Crippen molar-refractivity contribution >= 4 is 29.1 Å². The highest BCUT2D eigenvalue weighted by Gasteiger charge is 2.40. The number of benzene rings is 2. The Labute approximate surface area is 260 Å². The Hall–Kier alpha value is -3.81. The van der Waals surface area contributed by atoms with Gasteiger partial charge in [-0.2, -0.15) is 5.10 Å². The van der Waals surface area contributed by atoms with Crippen LogP contribution < -0.4 is 19.9 Å². The Bertz CT molecular complexity index is 1530. The van der Waals surface area contributed by atoms with E-state index in [1.165, 1.54) is 50.5 Å². The number of ether oxygens (including phenoxy) is 1. The molecule has 1 atom stereocenters. The summed E-state index contributed by atoms with van der Waals surface area (Å²) in [6, 6.07) is 12.4. The molecule has 2 amide bonds. The van der Waals surface area contributed by atoms with Crippen LogP contribution in [0.4, 0.5) is 21.9 Å². The van der Waals surface area contributed by atoms with Crippen LogP contribution in [0.1, 0.15) is 103 Å². The lowest BCUT2D eigenvalue weighted by Gasteiger charge is -2.42. The van der Waals surface area contributed by atoms with Crippen molar-refractivity contribution in [1.29, 1.82) is 0 Å². The van der Waals surface area contributed by atoms with Crippen LogP contribution >= 0.6 is 0 Å². The van der Waals surface area contributed by atoms with Crippen molar-refractivity contribution in [1.82, 2.24) is 9.78 Å². The molecule has 8 heteroatoms. The molecule has 7 rings (SSSR count). The van der Waals surface area contributed by atoms with E-state index in [4.69, 9.17) is 4.74 Å². The third-order valence-corrected chi connectivity index (χ3v) is 10.3. The maximum atomic E-state index is 14.2. The number of carbonyl (C=O) groups excluding carboxylic acids is 2. The summed E-state index contributed by atoms with van der Waals surface area (Å²) in [5.74, 6) is 0.629. The molecule has 3 heterocycles. The number of fused-ring (bicyclic) bond motifs is 3. The average Bonchev–Trinajstić information content (AvgIpc) is 3.75. The smallest absolute Gasteiger partial charge is 0.410 e. The summed E-state index contributed by atoms with van der Waals surface area (Å²) >= 11 is 0. The number of amides is 2. The van der Waals surface area contributed by atoms with Crippen LogP contribution in [0, 0.1) is 0 Å². The SMILES string of the molecule is CC(=O)N1c2ccc(-c3cnn(C4CC4)c3)cc2N(C(=O)Oc2cccc3c2C2(CCCCCCCCC2)CCN3)C[C@@H]1C. The largest absolute Gasteiger partial charge is 0.419 e. The molecule has 0 radical (unpaired) electrons. The van der Waals surface area contributed by atoms with Crippen molar-refractivity contribution in [2.75, 3.05) is 28.2 Å². The van der Waals surface area contributed by atoms with Gasteiger partial charge in [0, 0.05) is 48.4 Å². The summed E-state index contributed by atoms with van der Waals surface area (Å²) in [5.41, 5.74) is 5.68. The minimum Gasteiger partial charge on any atom is -0.410 e. The number of nitrogens with one attached hydrogen (secondary N) is 1. The Morgan fingerprint density at radius 1 is 0.932 bits per heavy atom. The third kappa shape index (κ3) is 5.48. The second-order valence-electron chi connectivity index (χ2n) is 13.5. The summed E-state index contributed by atoms with van der Waals surface area (Å²) in [7, 11) is 0. The topological polar surface area (TPSA) is 79.7 Å². The van der Waals surface area contributed by atoms with Crippen LogP contribution in [-0.2, 0) is 10.2 Å². The quantitative estimate of drug-likeness (QED) is 0.330. The van der Waals surface area contributed by atoms with E-state index in [-0.39, 0.29) is 17.4 Å². The molecule has 2 aromatic carbocycles. The van der Waals surface area contributed by atoms with Gasteiger partial charge in [-0.05, 0) is 68.9 Å². The standard InChI is InChI=1S/C36H45N5O3/c1-25-23-39(32-21-27(13-16-31(32)41(25)26(2)42)28-22-38-40(24-28)29-14-15-29)35(43)44-33-12-10-11-30-34(33)36(19-20-37-30)17-8-6-4-3-5-7-9-18-36/h10-13,16,21-22,24-25,29,37H,3-9,14-15,17-20,23H2,1-2H3/t25-/m0/s1. The van der Waals surface area contributed by atoms with Gasteiger partial charge in [0.25, 0.3) is 0 Å². The van der Waals surface area contributed by atoms with Gasteiger partial charge >= 0.3 is 6.09 Å². The van der Waals surface area contributed by atoms with E-state index in [0.29, 0.717) is 24.0 Å². The number of aromatic nitrogens is 2. The number of hydrogen-bond acceptors (Lipinski definition) is 5. The average molecular weight is 596 g/mol. The number of nitrogens with zero attached hydrogens (tertiary/aromatic N) is 4. The number of rotatable bonds is 3. The summed E-state index contributed by atoms with van der Waals surface area (Å²) in [6.45, 7) is 4.88. The first-order valence-electron chi connectivity index (χ1n) is 16.8. The Kier molecular flexibility index (Phi) is 7.85. The van der Waals surface area contributed by atoms with E-state index >= 15 is 0 Å². The highest BCUT2D eigenvalue weighted by Crippen LogP contribution is 2.50. The highest BCUT2D eigenvalue weighted by atomic mass is 16.6. The molecule has 44 heavy (non-hydrogen) atoms. The second-order valence-corrected chi connectivity index (χ2v) is 13.5. The minimum atomic E-state index is -0.402. The first-order chi connectivity index (χ1) is 21.4. The van der Waals surface area contributed by atoms with Gasteiger partial charge in [0.1, 0.15) is 5.75 Å². The van der Waals surface area contributed by atoms with Crippen molar-refractivity contribution in [3.63, 3.8) is 0 Å². The van der Waals surface area contributed by atoms with Crippen LogP contribution in [0.5, 0.6) is 5.75 Å². The van der Waals surface area contributed by atoms with Crippen molar-refractivity contribution in [2.45, 2.75) is 108 Å². The molecular weight excluding hydrogens is 550 g/mol. The van der Waals surface area contributed by atoms with Gasteiger partial charge in [0.2, 0.25) is 5.91 Å². The van der Waals surface area contributed by atoms with E-state index in [1.54, 1.807) is 16.7 Å². The molecule has 2 saturated carbocycles. The molecule has 2 aliphatic carbocycles. The van der Waals surface area contributed by atoms with Gasteiger partial charge in [-0.15, -0.1) is 0 Å². The molecule has 1 aromatic heterocycles. The minimum absolute atomic E-state index is 0.0161. The van der Waals surface area contributed by atoms with Gasteiger partial charge in [-0.1, -0.05) is 57.1 Å². The van der Waals surface area contributed by atoms with Gasteiger partial charge in [0.15, 0.2) is 0 Å². The first-order valence-corrected chi connectivity index (χ1v) is 16.8. The summed E-state index contributed by atoms with van der Waals surface area (Å²) in [5, 5.41) is 8.19. The van der Waals surface area contributed by atoms with E-state index in [0.717, 1.165) is 61.2 Å². The lowest BCUT2D eigenvalue weighted by Crippen LogP contribution is -2.52. The molecule has 0 bridgehead atoms. The fourth-order valence-electron chi connectivity index (χ4n) is 7.94. The molecule has 2 fully saturated rings. The fourth-order valence-corrected chi connectivity index (χ4v) is 7.94. The van der Waals surface area contributed by atoms with Crippen LogP contribution in [-0.4, -0.2) is 40.9 Å². The third-order valence-electron chi connectivity index (χ3n) is 10.3. The van der Waals surface area contributed by atoms with Crippen LogP contribution in [0.25, 0.3) is 11.1 Å². The van der Waals surface area contributed by atoms with E-state index in [2.05, 4.69) is 22.7 Å². The summed E-state index contributed by atoms with van der Waals surface area (Å²) in [4.78, 5) is 30.5. The molecule has 2 aliphatic heterocycles. The lowest BCUT2D eigenvalue weighted by atomic mass is 9.67. The number of carbonyl (C=O) groups is 2. The van der Waals surface area contributed by atoms with E-state index < -0.39 is 6.09 Å². The molecule has 0 unspecified atom stereocenters. The lowest BCUT2D eigenvalue weighted by molar-refractivity contribution is -0.117. The number of anilines is 3. The molecule has 8 nitrogen and oxygen atoms in total. The second kappa shape index (κ2) is 11.9. The monoisotopic (exact) mass is 595 g/mol. The Morgan fingerprint density at radius 2 is 1.68 bits per heavy atom. The van der Waals surface area contributed by atoms with Crippen molar-refractivity contribution in [3.05, 3.63) is 54.4 Å². The van der Waals surface area contributed by atoms with Crippen LogP contribution in [0.15, 0.2) is 48.8 Å². The molecule has 0 saturated heterocycles. The molecule has 3 aromatic rings. The molecule has 1 N–H and O–H groups in total. The maximum Gasteiger partial charge on any atom is 0.419 e. The maximum absolute atomic E-state index is 14.2. The van der Waals surface area contributed by atoms with Crippen LogP contribution in [0.3, 0.4) is 0 Å². The Balaban J connectivity index is 1.23. The molecule has 4 aliphatic rings. The zero-order valence-corrected chi connectivity index (χ0v) is 26.2. The Morgan fingerprint density at radius 3 is 2.41 bits per heavy atom. The zero-order valence-electron chi connectivity index (χ0n) is 26.2. The predicted molar refractivity (Wildman–Crippen MR) is 175 cm³/mol. The van der Waals surface area contributed by atoms with Crippen molar-refractivity contribution in [3.8, 4) is 16.9 Å². The van der Waals surface area contributed by atoms with Gasteiger partial charge in [-0.25, -0.2) is 4.79 Å². The van der Waals surface area contributed by atoms with Gasteiger partial charge in [0.05, 0.1) is 29.7 Å². The van der Waals surface area contributed by atoms with Crippen molar-refractivity contribution < 1.29 is 14.3 Å². The number of hydrogen-bond donors (Lipinski definition) is 1. The van der Waals surface area contributed by atoms with Gasteiger partial charge < -0.3 is 15.0 Å². The van der Waals surface area contributed by atoms with Crippen LogP contribution in [0.2, 0.25) is 0 Å². The predicted octanol–water partition coefficient (Wildman–Crippen LogP) is 8.22.